The fourth-order valence-corrected chi connectivity index (χ4v) is 2.89. The van der Waals surface area contributed by atoms with Gasteiger partial charge in [-0.3, -0.25) is 4.99 Å². The van der Waals surface area contributed by atoms with Gasteiger partial charge >= 0.3 is 0 Å². The van der Waals surface area contributed by atoms with Crippen LogP contribution in [0.2, 0.25) is 0 Å². The summed E-state index contributed by atoms with van der Waals surface area (Å²) in [5.41, 5.74) is 0.0901. The molecule has 0 aliphatic rings. The van der Waals surface area contributed by atoms with Gasteiger partial charge in [0.1, 0.15) is 5.76 Å². The zero-order valence-corrected chi connectivity index (χ0v) is 13.7. The summed E-state index contributed by atoms with van der Waals surface area (Å²) in [6.45, 7) is 6.12. The Labute approximate surface area is 130 Å². The minimum absolute atomic E-state index is 0.0901. The van der Waals surface area contributed by atoms with Gasteiger partial charge in [-0.2, -0.15) is 0 Å². The van der Waals surface area contributed by atoms with Crippen LogP contribution in [0.25, 0.3) is 0 Å². The van der Waals surface area contributed by atoms with Gasteiger partial charge in [-0.1, -0.05) is 19.9 Å². The van der Waals surface area contributed by atoms with Crippen LogP contribution in [-0.4, -0.2) is 26.1 Å². The first-order chi connectivity index (χ1) is 10.1. The van der Waals surface area contributed by atoms with Crippen molar-refractivity contribution in [2.45, 2.75) is 25.7 Å². The van der Waals surface area contributed by atoms with E-state index in [0.29, 0.717) is 0 Å². The molecule has 4 nitrogen and oxygen atoms in total. The van der Waals surface area contributed by atoms with Crippen molar-refractivity contribution in [3.05, 3.63) is 46.5 Å². The van der Waals surface area contributed by atoms with Crippen LogP contribution in [0.1, 0.15) is 24.5 Å². The second kappa shape index (κ2) is 7.31. The Hall–Kier alpha value is -1.75. The molecule has 0 unspecified atom stereocenters. The highest BCUT2D eigenvalue weighted by Crippen LogP contribution is 2.26. The summed E-state index contributed by atoms with van der Waals surface area (Å²) in [5, 5.41) is 8.82. The van der Waals surface area contributed by atoms with Gasteiger partial charge in [0.15, 0.2) is 5.96 Å². The zero-order valence-electron chi connectivity index (χ0n) is 12.8. The quantitative estimate of drug-likeness (QED) is 0.637. The first-order valence-corrected chi connectivity index (χ1v) is 8.01. The lowest BCUT2D eigenvalue weighted by molar-refractivity contribution is 0.502. The molecule has 2 aromatic heterocycles. The van der Waals surface area contributed by atoms with Gasteiger partial charge in [-0.15, -0.1) is 11.3 Å². The van der Waals surface area contributed by atoms with Crippen LogP contribution in [0, 0.1) is 0 Å². The number of thiophene rings is 1. The van der Waals surface area contributed by atoms with E-state index in [0.717, 1.165) is 31.2 Å². The molecule has 0 amide bonds. The number of guanidine groups is 1. The highest BCUT2D eigenvalue weighted by Gasteiger charge is 2.21. The molecule has 0 aliphatic heterocycles. The van der Waals surface area contributed by atoms with Crippen LogP contribution in [-0.2, 0) is 11.8 Å². The Morgan fingerprint density at radius 2 is 2.14 bits per heavy atom. The second-order valence-electron chi connectivity index (χ2n) is 5.54. The van der Waals surface area contributed by atoms with E-state index in [2.05, 4.69) is 47.0 Å². The predicted octanol–water partition coefficient (Wildman–Crippen LogP) is 3.03. The molecule has 0 atom stereocenters. The molecule has 0 saturated heterocycles. The SMILES string of the molecule is CN=C(NCCc1ccco1)NCC(C)(C)c1cccs1. The number of rotatable bonds is 6. The summed E-state index contributed by atoms with van der Waals surface area (Å²) in [6.07, 6.45) is 2.55. The number of furan rings is 1. The molecule has 0 radical (unpaired) electrons. The van der Waals surface area contributed by atoms with Gasteiger partial charge in [-0.25, -0.2) is 0 Å². The Balaban J connectivity index is 1.77. The highest BCUT2D eigenvalue weighted by atomic mass is 32.1. The van der Waals surface area contributed by atoms with Crippen molar-refractivity contribution in [2.24, 2.45) is 4.99 Å². The molecule has 0 bridgehead atoms. The second-order valence-corrected chi connectivity index (χ2v) is 6.49. The van der Waals surface area contributed by atoms with E-state index in [4.69, 9.17) is 4.42 Å². The molecule has 21 heavy (non-hydrogen) atoms. The Morgan fingerprint density at radius 1 is 1.29 bits per heavy atom. The minimum Gasteiger partial charge on any atom is -0.469 e. The lowest BCUT2D eigenvalue weighted by Crippen LogP contribution is -2.43. The average molecular weight is 305 g/mol. The smallest absolute Gasteiger partial charge is 0.191 e. The number of hydrogen-bond acceptors (Lipinski definition) is 3. The maximum atomic E-state index is 5.31. The van der Waals surface area contributed by atoms with Gasteiger partial charge in [0.25, 0.3) is 0 Å². The minimum atomic E-state index is 0.0901. The molecule has 2 rings (SSSR count). The van der Waals surface area contributed by atoms with Gasteiger partial charge < -0.3 is 15.1 Å². The van der Waals surface area contributed by atoms with Crippen LogP contribution in [0.3, 0.4) is 0 Å². The van der Waals surface area contributed by atoms with Gasteiger partial charge in [0.2, 0.25) is 0 Å². The van der Waals surface area contributed by atoms with Crippen LogP contribution < -0.4 is 10.6 Å². The van der Waals surface area contributed by atoms with Crippen molar-refractivity contribution in [3.63, 3.8) is 0 Å². The largest absolute Gasteiger partial charge is 0.469 e. The normalized spacial score (nSPS) is 12.4. The molecule has 0 aliphatic carbocycles. The summed E-state index contributed by atoms with van der Waals surface area (Å²) in [6, 6.07) is 8.17. The fraction of sp³-hybridized carbons (Fsp3) is 0.438. The Kier molecular flexibility index (Phi) is 5.44. The first kappa shape index (κ1) is 15.6. The van der Waals surface area contributed by atoms with Crippen molar-refractivity contribution in [1.82, 2.24) is 10.6 Å². The third-order valence-corrected chi connectivity index (χ3v) is 4.59. The molecule has 0 aromatic carbocycles. The number of aliphatic imine (C=N–C) groups is 1. The van der Waals surface area contributed by atoms with E-state index in [1.54, 1.807) is 24.6 Å². The van der Waals surface area contributed by atoms with E-state index < -0.39 is 0 Å². The predicted molar refractivity (Wildman–Crippen MR) is 89.1 cm³/mol. The summed E-state index contributed by atoms with van der Waals surface area (Å²) < 4.78 is 5.31. The van der Waals surface area contributed by atoms with Gasteiger partial charge in [-0.05, 0) is 23.6 Å². The average Bonchev–Trinajstić information content (AvgIpc) is 3.15. The van der Waals surface area contributed by atoms with Gasteiger partial charge in [0.05, 0.1) is 6.26 Å². The maximum absolute atomic E-state index is 5.31. The van der Waals surface area contributed by atoms with E-state index in [-0.39, 0.29) is 5.41 Å². The van der Waals surface area contributed by atoms with Crippen LogP contribution in [0.5, 0.6) is 0 Å². The molecule has 0 saturated carbocycles. The van der Waals surface area contributed by atoms with E-state index in [9.17, 15) is 0 Å². The molecule has 2 N–H and O–H groups in total. The molecule has 114 valence electrons. The number of hydrogen-bond donors (Lipinski definition) is 2. The lowest BCUT2D eigenvalue weighted by Gasteiger charge is -2.25. The van der Waals surface area contributed by atoms with E-state index in [1.807, 2.05) is 12.1 Å². The summed E-state index contributed by atoms with van der Waals surface area (Å²) in [7, 11) is 1.79. The summed E-state index contributed by atoms with van der Waals surface area (Å²) >= 11 is 1.79. The third kappa shape index (κ3) is 4.63. The molecule has 2 aromatic rings. The maximum Gasteiger partial charge on any atom is 0.191 e. The molecular formula is C16H23N3OS. The standard InChI is InChI=1S/C16H23N3OS/c1-16(2,14-7-5-11-21-14)12-19-15(17-3)18-9-8-13-6-4-10-20-13/h4-7,10-11H,8-9,12H2,1-3H3,(H2,17,18,19). The first-order valence-electron chi connectivity index (χ1n) is 7.13. The van der Waals surface area contributed by atoms with Crippen LogP contribution in [0.15, 0.2) is 45.3 Å². The monoisotopic (exact) mass is 305 g/mol. The number of nitrogens with one attached hydrogen (secondary N) is 2. The number of nitrogens with zero attached hydrogens (tertiary/aromatic N) is 1. The Bertz CT molecular complexity index is 544. The topological polar surface area (TPSA) is 49.6 Å². The zero-order chi connectivity index (χ0) is 15.1. The fourth-order valence-electron chi connectivity index (χ4n) is 2.04. The van der Waals surface area contributed by atoms with Gasteiger partial charge in [0, 0.05) is 36.9 Å². The Morgan fingerprint density at radius 3 is 2.76 bits per heavy atom. The van der Waals surface area contributed by atoms with Crippen molar-refractivity contribution >= 4 is 17.3 Å². The van der Waals surface area contributed by atoms with Crippen LogP contribution in [0.4, 0.5) is 0 Å². The third-order valence-electron chi connectivity index (χ3n) is 3.35. The molecule has 2 heterocycles. The molecular weight excluding hydrogens is 282 g/mol. The molecule has 0 fully saturated rings. The van der Waals surface area contributed by atoms with Crippen molar-refractivity contribution in [3.8, 4) is 0 Å². The molecule has 5 heteroatoms. The highest BCUT2D eigenvalue weighted by molar-refractivity contribution is 7.10. The molecule has 0 spiro atoms. The van der Waals surface area contributed by atoms with Crippen molar-refractivity contribution in [2.75, 3.05) is 20.1 Å². The van der Waals surface area contributed by atoms with Crippen molar-refractivity contribution in [1.29, 1.82) is 0 Å². The van der Waals surface area contributed by atoms with E-state index in [1.165, 1.54) is 4.88 Å². The van der Waals surface area contributed by atoms with Crippen molar-refractivity contribution < 1.29 is 4.42 Å². The van der Waals surface area contributed by atoms with E-state index >= 15 is 0 Å². The lowest BCUT2D eigenvalue weighted by atomic mass is 9.91. The summed E-state index contributed by atoms with van der Waals surface area (Å²) in [5.74, 6) is 1.81. The van der Waals surface area contributed by atoms with Crippen LogP contribution >= 0.6 is 11.3 Å². The summed E-state index contributed by atoms with van der Waals surface area (Å²) in [4.78, 5) is 5.63.